The Bertz CT molecular complexity index is 1080. The van der Waals surface area contributed by atoms with E-state index in [9.17, 15) is 22.8 Å². The highest BCUT2D eigenvalue weighted by Gasteiger charge is 2.32. The number of rotatable bonds is 6. The van der Waals surface area contributed by atoms with Crippen LogP contribution in [0.1, 0.15) is 30.3 Å². The van der Waals surface area contributed by atoms with Gasteiger partial charge < -0.3 is 10.2 Å². The first-order chi connectivity index (χ1) is 14.1. The van der Waals surface area contributed by atoms with Gasteiger partial charge in [-0.15, -0.1) is 0 Å². The molecule has 2 atom stereocenters. The van der Waals surface area contributed by atoms with Crippen LogP contribution in [0.3, 0.4) is 0 Å². The number of piperidine rings is 1. The number of hydrogen-bond donors (Lipinski definition) is 1. The Hall–Kier alpha value is -2.81. The molecule has 3 rings (SSSR count). The number of ketones is 1. The van der Waals surface area contributed by atoms with Crippen molar-refractivity contribution < 1.29 is 22.8 Å². The molecule has 0 saturated carbocycles. The molecule has 1 fully saturated rings. The molecular formula is C21H25N3O5S. The molecule has 30 heavy (non-hydrogen) atoms. The predicted molar refractivity (Wildman–Crippen MR) is 113 cm³/mol. The SMILES string of the molecule is C[C@@H](NC(=O)c1ccc2ccccc2n1)C(=O)N1CCC[C@@H](C(=O)CS(C)(=O)=O)C1. The summed E-state index contributed by atoms with van der Waals surface area (Å²) in [6.07, 6.45) is 2.19. The summed E-state index contributed by atoms with van der Waals surface area (Å²) >= 11 is 0. The van der Waals surface area contributed by atoms with E-state index in [-0.39, 0.29) is 23.9 Å². The summed E-state index contributed by atoms with van der Waals surface area (Å²) in [5, 5.41) is 3.58. The van der Waals surface area contributed by atoms with Gasteiger partial charge in [0, 0.05) is 30.6 Å². The number of Topliss-reactive ketones (excluding diaryl/α,β-unsaturated/α-hetero) is 1. The van der Waals surface area contributed by atoms with Crippen LogP contribution in [0, 0.1) is 5.92 Å². The van der Waals surface area contributed by atoms with Gasteiger partial charge in [0.15, 0.2) is 15.6 Å². The number of hydrogen-bond acceptors (Lipinski definition) is 6. The standard InChI is InChI=1S/C21H25N3O5S/c1-14(22-20(26)18-10-9-15-6-3-4-8-17(15)23-18)21(27)24-11-5-7-16(12-24)19(25)13-30(2,28)29/h3-4,6,8-10,14,16H,5,7,11-13H2,1-2H3,(H,22,26)/t14-,16-/m1/s1. The molecule has 8 nitrogen and oxygen atoms in total. The Labute approximate surface area is 175 Å². The molecule has 0 aliphatic carbocycles. The van der Waals surface area contributed by atoms with Crippen molar-refractivity contribution in [3.63, 3.8) is 0 Å². The second-order valence-electron chi connectivity index (χ2n) is 7.74. The summed E-state index contributed by atoms with van der Waals surface area (Å²) in [5.41, 5.74) is 0.903. The molecule has 0 spiro atoms. The Morgan fingerprint density at radius 3 is 2.67 bits per heavy atom. The van der Waals surface area contributed by atoms with Gasteiger partial charge in [0.05, 0.1) is 5.52 Å². The van der Waals surface area contributed by atoms with Crippen LogP contribution in [0.5, 0.6) is 0 Å². The maximum atomic E-state index is 12.8. The van der Waals surface area contributed by atoms with E-state index in [1.807, 2.05) is 24.3 Å². The number of carbonyl (C=O) groups excluding carboxylic acids is 3. The van der Waals surface area contributed by atoms with Crippen LogP contribution >= 0.6 is 0 Å². The number of carbonyl (C=O) groups is 3. The summed E-state index contributed by atoms with van der Waals surface area (Å²) in [4.78, 5) is 43.4. The molecule has 9 heteroatoms. The van der Waals surface area contributed by atoms with E-state index in [1.54, 1.807) is 19.1 Å². The topological polar surface area (TPSA) is 114 Å². The lowest BCUT2D eigenvalue weighted by Crippen LogP contribution is -2.51. The first kappa shape index (κ1) is 21.9. The fraction of sp³-hybridized carbons (Fsp3) is 0.429. The van der Waals surface area contributed by atoms with Crippen molar-refractivity contribution in [2.75, 3.05) is 25.1 Å². The number of aromatic nitrogens is 1. The van der Waals surface area contributed by atoms with Gasteiger partial charge in [-0.1, -0.05) is 24.3 Å². The van der Waals surface area contributed by atoms with Gasteiger partial charge in [-0.2, -0.15) is 0 Å². The van der Waals surface area contributed by atoms with Crippen molar-refractivity contribution in [2.45, 2.75) is 25.8 Å². The van der Waals surface area contributed by atoms with Crippen molar-refractivity contribution in [1.82, 2.24) is 15.2 Å². The summed E-state index contributed by atoms with van der Waals surface area (Å²) in [5.74, 6) is -2.14. The molecule has 1 aromatic heterocycles. The first-order valence-corrected chi connectivity index (χ1v) is 11.9. The third-order valence-corrected chi connectivity index (χ3v) is 5.95. The lowest BCUT2D eigenvalue weighted by atomic mass is 9.94. The highest BCUT2D eigenvalue weighted by molar-refractivity contribution is 7.91. The number of likely N-dealkylation sites (tertiary alicyclic amines) is 1. The van der Waals surface area contributed by atoms with Crippen LogP contribution < -0.4 is 5.32 Å². The van der Waals surface area contributed by atoms with Gasteiger partial charge in [-0.25, -0.2) is 13.4 Å². The zero-order chi connectivity index (χ0) is 21.9. The van der Waals surface area contributed by atoms with Gasteiger partial charge in [0.1, 0.15) is 17.5 Å². The van der Waals surface area contributed by atoms with E-state index >= 15 is 0 Å². The molecular weight excluding hydrogens is 406 g/mol. The Balaban J connectivity index is 1.62. The number of para-hydroxylation sites is 1. The second-order valence-corrected chi connectivity index (χ2v) is 9.88. The summed E-state index contributed by atoms with van der Waals surface area (Å²) in [7, 11) is -3.41. The summed E-state index contributed by atoms with van der Waals surface area (Å²) in [6, 6.07) is 10.0. The van der Waals surface area contributed by atoms with Crippen molar-refractivity contribution in [3.05, 3.63) is 42.1 Å². The Morgan fingerprint density at radius 1 is 1.20 bits per heavy atom. The minimum Gasteiger partial charge on any atom is -0.340 e. The molecule has 1 aliphatic heterocycles. The molecule has 0 bridgehead atoms. The van der Waals surface area contributed by atoms with Crippen molar-refractivity contribution >= 4 is 38.3 Å². The smallest absolute Gasteiger partial charge is 0.270 e. The number of nitrogens with one attached hydrogen (secondary N) is 1. The van der Waals surface area contributed by atoms with Crippen LogP contribution in [0.15, 0.2) is 36.4 Å². The van der Waals surface area contributed by atoms with Crippen LogP contribution in [0.2, 0.25) is 0 Å². The number of fused-ring (bicyclic) bond motifs is 1. The molecule has 0 radical (unpaired) electrons. The van der Waals surface area contributed by atoms with Crippen molar-refractivity contribution in [3.8, 4) is 0 Å². The molecule has 1 aromatic carbocycles. The van der Waals surface area contributed by atoms with Crippen LogP contribution in [-0.4, -0.2) is 67.0 Å². The fourth-order valence-corrected chi connectivity index (χ4v) is 4.37. The van der Waals surface area contributed by atoms with Crippen LogP contribution in [0.4, 0.5) is 0 Å². The maximum absolute atomic E-state index is 12.8. The summed E-state index contributed by atoms with van der Waals surface area (Å²) < 4.78 is 22.8. The third-order valence-electron chi connectivity index (χ3n) is 5.14. The van der Waals surface area contributed by atoms with Crippen molar-refractivity contribution in [1.29, 1.82) is 0 Å². The molecule has 1 saturated heterocycles. The minimum absolute atomic E-state index is 0.168. The number of nitrogens with zero attached hydrogens (tertiary/aromatic N) is 2. The van der Waals surface area contributed by atoms with E-state index in [0.717, 1.165) is 11.6 Å². The van der Waals surface area contributed by atoms with Gasteiger partial charge in [-0.3, -0.25) is 14.4 Å². The largest absolute Gasteiger partial charge is 0.340 e. The lowest BCUT2D eigenvalue weighted by Gasteiger charge is -2.33. The minimum atomic E-state index is -3.41. The summed E-state index contributed by atoms with van der Waals surface area (Å²) in [6.45, 7) is 2.22. The highest BCUT2D eigenvalue weighted by atomic mass is 32.2. The van der Waals surface area contributed by atoms with Gasteiger partial charge in [0.2, 0.25) is 5.91 Å². The normalized spacial score (nSPS) is 18.1. The molecule has 0 unspecified atom stereocenters. The molecule has 2 amide bonds. The number of amides is 2. The van der Waals surface area contributed by atoms with E-state index < -0.39 is 33.5 Å². The molecule has 2 heterocycles. The van der Waals surface area contributed by atoms with Gasteiger partial charge in [-0.05, 0) is 31.9 Å². The third kappa shape index (κ3) is 5.41. The van der Waals surface area contributed by atoms with E-state index in [4.69, 9.17) is 0 Å². The maximum Gasteiger partial charge on any atom is 0.270 e. The van der Waals surface area contributed by atoms with E-state index in [2.05, 4.69) is 10.3 Å². The van der Waals surface area contributed by atoms with E-state index in [1.165, 1.54) is 4.90 Å². The number of sulfone groups is 1. The second kappa shape index (κ2) is 8.91. The van der Waals surface area contributed by atoms with Crippen LogP contribution in [0.25, 0.3) is 10.9 Å². The monoisotopic (exact) mass is 431 g/mol. The van der Waals surface area contributed by atoms with E-state index in [0.29, 0.717) is 24.9 Å². The number of pyridine rings is 1. The van der Waals surface area contributed by atoms with Crippen molar-refractivity contribution in [2.24, 2.45) is 5.92 Å². The Kier molecular flexibility index (Phi) is 6.50. The quantitative estimate of drug-likeness (QED) is 0.735. The zero-order valence-electron chi connectivity index (χ0n) is 17.0. The molecule has 1 N–H and O–H groups in total. The van der Waals surface area contributed by atoms with Gasteiger partial charge >= 0.3 is 0 Å². The van der Waals surface area contributed by atoms with Crippen LogP contribution in [-0.2, 0) is 19.4 Å². The molecule has 1 aliphatic rings. The zero-order valence-corrected chi connectivity index (χ0v) is 17.8. The average molecular weight is 432 g/mol. The molecule has 2 aromatic rings. The average Bonchev–Trinajstić information content (AvgIpc) is 2.71. The number of benzene rings is 1. The van der Waals surface area contributed by atoms with Gasteiger partial charge in [0.25, 0.3) is 5.91 Å². The Morgan fingerprint density at radius 2 is 1.93 bits per heavy atom. The molecule has 160 valence electrons. The predicted octanol–water partition coefficient (Wildman–Crippen LogP) is 1.21. The first-order valence-electron chi connectivity index (χ1n) is 9.80. The highest BCUT2D eigenvalue weighted by Crippen LogP contribution is 2.19. The lowest BCUT2D eigenvalue weighted by molar-refractivity contribution is -0.136. The fourth-order valence-electron chi connectivity index (χ4n) is 3.62.